The quantitative estimate of drug-likeness (QED) is 0.0382. The van der Waals surface area contributed by atoms with E-state index >= 15 is 0 Å². The third-order valence-electron chi connectivity index (χ3n) is 8.56. The van der Waals surface area contributed by atoms with Crippen molar-refractivity contribution < 1.29 is 24.2 Å². The largest absolute Gasteiger partial charge is 0.480 e. The molecule has 294 valence electrons. The molecule has 0 bridgehead atoms. The van der Waals surface area contributed by atoms with Gasteiger partial charge in [-0.2, -0.15) is 0 Å². The monoisotopic (exact) mass is 722 g/mol. The minimum Gasteiger partial charge on any atom is -0.480 e. The number of ether oxygens (including phenoxy) is 1. The van der Waals surface area contributed by atoms with Crippen molar-refractivity contribution in [2.45, 2.75) is 180 Å². The van der Waals surface area contributed by atoms with Crippen LogP contribution in [0.2, 0.25) is 0 Å². The number of allylic oxidation sites excluding steroid dienone is 14. The topological polar surface area (TPSA) is 92.7 Å². The normalized spacial score (nSPS) is 13.0. The molecule has 0 heterocycles. The smallest absolute Gasteiger partial charge is 0.322 e. The summed E-state index contributed by atoms with van der Waals surface area (Å²) in [5.74, 6) is -1.29. The lowest BCUT2D eigenvalue weighted by Crippen LogP contribution is -2.28. The van der Waals surface area contributed by atoms with Crippen molar-refractivity contribution in [3.05, 3.63) is 85.1 Å². The number of unbranched alkanes of at least 4 members (excludes halogenated alkanes) is 11. The molecule has 6 heteroatoms. The van der Waals surface area contributed by atoms with E-state index in [0.29, 0.717) is 12.8 Å². The van der Waals surface area contributed by atoms with Crippen LogP contribution in [0.5, 0.6) is 0 Å². The van der Waals surface area contributed by atoms with Crippen molar-refractivity contribution >= 4 is 17.8 Å². The number of hydrogen-bond donors (Lipinski definition) is 2. The Kier molecular flexibility index (Phi) is 37.7. The summed E-state index contributed by atoms with van der Waals surface area (Å²) < 4.78 is 6.00. The zero-order valence-electron chi connectivity index (χ0n) is 33.1. The number of carboxylic acids is 1. The predicted octanol–water partition coefficient (Wildman–Crippen LogP) is 12.8. The van der Waals surface area contributed by atoms with Crippen LogP contribution in [0, 0.1) is 0 Å². The maximum atomic E-state index is 12.7. The van der Waals surface area contributed by atoms with E-state index in [1.165, 1.54) is 12.8 Å². The highest BCUT2D eigenvalue weighted by molar-refractivity contribution is 5.80. The summed E-state index contributed by atoms with van der Waals surface area (Å²) in [5, 5.41) is 11.1. The second kappa shape index (κ2) is 40.4. The van der Waals surface area contributed by atoms with Gasteiger partial charge in [-0.3, -0.25) is 14.4 Å². The van der Waals surface area contributed by atoms with E-state index in [9.17, 15) is 14.4 Å². The Morgan fingerprint density at radius 2 is 0.885 bits per heavy atom. The van der Waals surface area contributed by atoms with Gasteiger partial charge in [0.25, 0.3) is 0 Å². The highest BCUT2D eigenvalue weighted by Crippen LogP contribution is 2.18. The van der Waals surface area contributed by atoms with Crippen molar-refractivity contribution in [2.24, 2.45) is 0 Å². The Morgan fingerprint density at radius 1 is 0.500 bits per heavy atom. The average Bonchev–Trinajstić information content (AvgIpc) is 3.13. The Morgan fingerprint density at radius 3 is 1.38 bits per heavy atom. The fourth-order valence-electron chi connectivity index (χ4n) is 5.58. The Hall–Kier alpha value is -3.41. The van der Waals surface area contributed by atoms with Crippen molar-refractivity contribution in [3.63, 3.8) is 0 Å². The van der Waals surface area contributed by atoms with E-state index in [1.54, 1.807) is 0 Å². The number of nitrogens with one attached hydrogen (secondary N) is 1. The number of hydrogen-bond acceptors (Lipinski definition) is 4. The van der Waals surface area contributed by atoms with Gasteiger partial charge in [0.1, 0.15) is 12.6 Å². The maximum absolute atomic E-state index is 12.7. The maximum Gasteiger partial charge on any atom is 0.322 e. The molecule has 2 N–H and O–H groups in total. The first-order chi connectivity index (χ1) is 25.5. The van der Waals surface area contributed by atoms with Gasteiger partial charge in [0.05, 0.1) is 0 Å². The van der Waals surface area contributed by atoms with E-state index in [-0.39, 0.29) is 24.5 Å². The summed E-state index contributed by atoms with van der Waals surface area (Å²) in [6.07, 6.45) is 55.5. The van der Waals surface area contributed by atoms with Crippen LogP contribution in [0.3, 0.4) is 0 Å². The van der Waals surface area contributed by atoms with Crippen LogP contribution in [0.4, 0.5) is 0 Å². The fraction of sp³-hybridized carbons (Fsp3) is 0.630. The first-order valence-corrected chi connectivity index (χ1v) is 20.7. The van der Waals surface area contributed by atoms with E-state index < -0.39 is 5.97 Å². The molecule has 0 fully saturated rings. The van der Waals surface area contributed by atoms with Crippen molar-refractivity contribution in [3.8, 4) is 0 Å². The average molecular weight is 722 g/mol. The van der Waals surface area contributed by atoms with Crippen LogP contribution in [-0.4, -0.2) is 35.6 Å². The molecule has 0 aliphatic rings. The van der Waals surface area contributed by atoms with Crippen molar-refractivity contribution in [1.82, 2.24) is 5.32 Å². The van der Waals surface area contributed by atoms with Crippen LogP contribution in [0.15, 0.2) is 85.1 Å². The van der Waals surface area contributed by atoms with E-state index in [4.69, 9.17) is 9.84 Å². The number of carbonyl (C=O) groups excluding carboxylic acids is 2. The summed E-state index contributed by atoms with van der Waals surface area (Å²) in [6, 6.07) is 0. The van der Waals surface area contributed by atoms with Crippen LogP contribution in [-0.2, 0) is 19.1 Å². The molecule has 1 atom stereocenters. The third-order valence-corrected chi connectivity index (χ3v) is 8.56. The van der Waals surface area contributed by atoms with Crippen molar-refractivity contribution in [2.75, 3.05) is 6.54 Å². The van der Waals surface area contributed by atoms with Crippen molar-refractivity contribution in [1.29, 1.82) is 0 Å². The number of amides is 1. The zero-order valence-corrected chi connectivity index (χ0v) is 33.1. The summed E-state index contributed by atoms with van der Waals surface area (Å²) in [5.41, 5.74) is 0. The third kappa shape index (κ3) is 39.4. The number of esters is 1. The minimum absolute atomic E-state index is 0.0267. The zero-order chi connectivity index (χ0) is 38.0. The predicted molar refractivity (Wildman–Crippen MR) is 221 cm³/mol. The number of carbonyl (C=O) groups is 3. The molecule has 6 nitrogen and oxygen atoms in total. The highest BCUT2D eigenvalue weighted by atomic mass is 16.5. The molecular weight excluding hydrogens is 647 g/mol. The van der Waals surface area contributed by atoms with E-state index in [0.717, 1.165) is 135 Å². The fourth-order valence-corrected chi connectivity index (χ4v) is 5.58. The number of rotatable bonds is 36. The summed E-state index contributed by atoms with van der Waals surface area (Å²) >= 11 is 0. The van der Waals surface area contributed by atoms with Gasteiger partial charge in [-0.05, 0) is 109 Å². The molecule has 52 heavy (non-hydrogen) atoms. The van der Waals surface area contributed by atoms with Gasteiger partial charge in [0, 0.05) is 12.8 Å². The molecular formula is C46H75NO5. The Labute approximate surface area is 318 Å². The summed E-state index contributed by atoms with van der Waals surface area (Å²) in [4.78, 5) is 35.0. The molecule has 0 saturated heterocycles. The first kappa shape index (κ1) is 48.6. The van der Waals surface area contributed by atoms with Gasteiger partial charge in [-0.15, -0.1) is 0 Å². The van der Waals surface area contributed by atoms with Gasteiger partial charge >= 0.3 is 11.9 Å². The molecule has 0 aromatic heterocycles. The molecule has 0 aromatic rings. The van der Waals surface area contributed by atoms with Gasteiger partial charge in [0.2, 0.25) is 5.91 Å². The van der Waals surface area contributed by atoms with Crippen LogP contribution in [0.1, 0.15) is 174 Å². The standard InChI is InChI=1S/C46H75NO5/c1-3-5-7-9-11-13-15-17-19-21-23-25-27-30-34-38-43(39-35-31-29-32-36-40-44(48)47-42-45(49)50)52-46(51)41-37-33-28-26-24-22-20-18-16-14-12-10-8-6-4-2/h5-8,11-14,17-20,23,25,43H,3-4,9-10,15-16,21-22,24,26-42H2,1-2H3,(H,47,48)(H,49,50)/b7-5-,8-6-,13-11-,14-12-,19-17-,20-18-,25-23-. The lowest BCUT2D eigenvalue weighted by molar-refractivity contribution is -0.150. The molecule has 0 aliphatic carbocycles. The summed E-state index contributed by atoms with van der Waals surface area (Å²) in [6.45, 7) is 3.98. The van der Waals surface area contributed by atoms with Gasteiger partial charge in [0.15, 0.2) is 0 Å². The molecule has 1 unspecified atom stereocenters. The molecule has 0 saturated carbocycles. The van der Waals surface area contributed by atoms with Gasteiger partial charge in [-0.25, -0.2) is 0 Å². The highest BCUT2D eigenvalue weighted by Gasteiger charge is 2.14. The van der Waals surface area contributed by atoms with Crippen LogP contribution >= 0.6 is 0 Å². The SMILES string of the molecule is CC/C=C\C/C=C\C/C=C\C/C=C\CCCCC(CCCCCCCC(=O)NCC(=O)O)OC(=O)CCCCCCC/C=C\C/C=C\C/C=C\CC. The Balaban J connectivity index is 4.34. The lowest BCUT2D eigenvalue weighted by atomic mass is 10.0. The second-order valence-electron chi connectivity index (χ2n) is 13.5. The van der Waals surface area contributed by atoms with Gasteiger partial charge in [-0.1, -0.05) is 137 Å². The molecule has 0 aromatic carbocycles. The van der Waals surface area contributed by atoms with Crippen LogP contribution in [0.25, 0.3) is 0 Å². The molecule has 1 amide bonds. The molecule has 0 spiro atoms. The first-order valence-electron chi connectivity index (χ1n) is 20.7. The van der Waals surface area contributed by atoms with Crippen LogP contribution < -0.4 is 5.32 Å². The molecule has 0 rings (SSSR count). The minimum atomic E-state index is -1.02. The summed E-state index contributed by atoms with van der Waals surface area (Å²) in [7, 11) is 0. The molecule has 0 aliphatic heterocycles. The molecule has 0 radical (unpaired) electrons. The van der Waals surface area contributed by atoms with E-state index in [2.05, 4.69) is 104 Å². The van der Waals surface area contributed by atoms with Gasteiger partial charge < -0.3 is 15.2 Å². The second-order valence-corrected chi connectivity index (χ2v) is 13.5. The Bertz CT molecular complexity index is 1060. The number of carboxylic acid groups (broad SMARTS) is 1. The lowest BCUT2D eigenvalue weighted by Gasteiger charge is -2.18. The number of aliphatic carboxylic acids is 1. The van der Waals surface area contributed by atoms with E-state index in [1.807, 2.05) is 0 Å².